The van der Waals surface area contributed by atoms with E-state index in [0.29, 0.717) is 11.8 Å². The number of nitrogens with zero attached hydrogens (tertiary/aromatic N) is 2. The summed E-state index contributed by atoms with van der Waals surface area (Å²) in [6.07, 6.45) is 0. The van der Waals surface area contributed by atoms with Crippen molar-refractivity contribution in [3.8, 4) is 22.4 Å². The first-order valence-corrected chi connectivity index (χ1v) is 15.6. The van der Waals surface area contributed by atoms with Crippen LogP contribution in [0.3, 0.4) is 0 Å². The molecule has 0 amide bonds. The van der Waals surface area contributed by atoms with E-state index in [-0.39, 0.29) is 31.9 Å². The van der Waals surface area contributed by atoms with Gasteiger partial charge in [-0.3, -0.25) is 0 Å². The van der Waals surface area contributed by atoms with Crippen LogP contribution in [0.2, 0.25) is 0 Å². The second-order valence-electron chi connectivity index (χ2n) is 11.5. The summed E-state index contributed by atoms with van der Waals surface area (Å²) in [4.78, 5) is 5.32. The van der Waals surface area contributed by atoms with Gasteiger partial charge in [0.2, 0.25) is 0 Å². The molecule has 5 aromatic carbocycles. The summed E-state index contributed by atoms with van der Waals surface area (Å²) >= 11 is 0. The average Bonchev–Trinajstić information content (AvgIpc) is 3.08. The van der Waals surface area contributed by atoms with Crippen LogP contribution >= 0.6 is 0 Å². The molecule has 0 aliphatic rings. The first kappa shape index (κ1) is 34.1. The Labute approximate surface area is 288 Å². The van der Waals surface area contributed by atoms with Crippen LogP contribution in [0.4, 0.5) is 5.69 Å². The van der Waals surface area contributed by atoms with Gasteiger partial charge in [0.05, 0.1) is 0 Å². The van der Waals surface area contributed by atoms with E-state index in [4.69, 9.17) is 10.3 Å². The summed E-state index contributed by atoms with van der Waals surface area (Å²) < 4.78 is 0. The molecule has 1 atom stereocenters. The Kier molecular flexibility index (Phi) is 12.1. The number of hydrogen-bond donors (Lipinski definition) is 0. The molecule has 0 bridgehead atoms. The van der Waals surface area contributed by atoms with Crippen molar-refractivity contribution >= 4 is 16.5 Å². The zero-order chi connectivity index (χ0) is 31.1. The van der Waals surface area contributed by atoms with Gasteiger partial charge in [0, 0.05) is 31.5 Å². The van der Waals surface area contributed by atoms with Crippen LogP contribution in [-0.4, -0.2) is 4.98 Å². The fourth-order valence-corrected chi connectivity index (χ4v) is 5.82. The van der Waals surface area contributed by atoms with Crippen molar-refractivity contribution in [2.45, 2.75) is 52.5 Å². The standard InChI is InChI=1S/C40H36N2.C2H5.Hf/c1-27(2)31-22-13-23-32(28(3)4)39(31)42-40(36-21-11-10-20-34(36)29-15-6-5-7-16-29)38-26-14-25-37(41-38)35-24-12-18-30-17-8-9-19-33(30)35;1-2;/h5-23,25-28,40H,1-4H3;1H2,2H3;/q-2;-1;. The minimum Gasteiger partial charge on any atom is -0.673 e. The van der Waals surface area contributed by atoms with Gasteiger partial charge < -0.3 is 17.2 Å². The Morgan fingerprint density at radius 1 is 0.622 bits per heavy atom. The van der Waals surface area contributed by atoms with Crippen LogP contribution in [0.25, 0.3) is 38.5 Å². The zero-order valence-electron chi connectivity index (χ0n) is 27.0. The number of aromatic nitrogens is 1. The second-order valence-corrected chi connectivity index (χ2v) is 11.5. The molecule has 3 heteroatoms. The van der Waals surface area contributed by atoms with E-state index in [1.54, 1.807) is 6.92 Å². The van der Waals surface area contributed by atoms with Crippen molar-refractivity contribution in [2.75, 3.05) is 0 Å². The van der Waals surface area contributed by atoms with E-state index in [9.17, 15) is 0 Å². The van der Waals surface area contributed by atoms with Crippen LogP contribution in [0.15, 0.2) is 127 Å². The van der Waals surface area contributed by atoms with Crippen LogP contribution in [0.5, 0.6) is 0 Å². The number of rotatable bonds is 8. The van der Waals surface area contributed by atoms with Gasteiger partial charge in [-0.15, -0.1) is 34.8 Å². The molecule has 1 heterocycles. The molecule has 0 saturated carbocycles. The SMILES string of the molecule is CC(C)c1cccc(C(C)C)c1[N-]C(c1cccc(-c2[c-]ccc3ccccc23)n1)c1ccccc1-c1ccccc1.[CH2-]C.[Hf]. The molecule has 0 spiro atoms. The molecule has 6 aromatic rings. The van der Waals surface area contributed by atoms with Crippen molar-refractivity contribution in [3.63, 3.8) is 0 Å². The first-order valence-electron chi connectivity index (χ1n) is 15.6. The van der Waals surface area contributed by atoms with Crippen LogP contribution in [0, 0.1) is 13.0 Å². The quantitative estimate of drug-likeness (QED) is 0.112. The predicted octanol–water partition coefficient (Wildman–Crippen LogP) is 12.2. The number of benzene rings is 5. The number of fused-ring (bicyclic) bond motifs is 1. The van der Waals surface area contributed by atoms with Gasteiger partial charge in [-0.1, -0.05) is 153 Å². The maximum Gasteiger partial charge on any atom is 0.0196 e. The molecule has 2 nitrogen and oxygen atoms in total. The van der Waals surface area contributed by atoms with E-state index < -0.39 is 0 Å². The van der Waals surface area contributed by atoms with Gasteiger partial charge >= 0.3 is 0 Å². The van der Waals surface area contributed by atoms with Crippen molar-refractivity contribution in [1.29, 1.82) is 0 Å². The Bertz CT molecular complexity index is 1790. The third-order valence-electron chi connectivity index (χ3n) is 7.97. The van der Waals surface area contributed by atoms with E-state index in [0.717, 1.165) is 33.6 Å². The van der Waals surface area contributed by atoms with Crippen LogP contribution in [0.1, 0.15) is 74.9 Å². The molecule has 1 unspecified atom stereocenters. The third-order valence-corrected chi connectivity index (χ3v) is 7.97. The Morgan fingerprint density at radius 2 is 1.22 bits per heavy atom. The Balaban J connectivity index is 0.00000151. The van der Waals surface area contributed by atoms with Gasteiger partial charge in [-0.2, -0.15) is 6.92 Å². The fourth-order valence-electron chi connectivity index (χ4n) is 5.82. The number of para-hydroxylation sites is 1. The van der Waals surface area contributed by atoms with Crippen molar-refractivity contribution in [2.24, 2.45) is 0 Å². The fraction of sp³-hybridized carbons (Fsp3) is 0.190. The summed E-state index contributed by atoms with van der Waals surface area (Å²) in [6.45, 7) is 14.0. The van der Waals surface area contributed by atoms with Crippen LogP contribution < -0.4 is 0 Å². The molecule has 0 aliphatic heterocycles. The third kappa shape index (κ3) is 7.53. The summed E-state index contributed by atoms with van der Waals surface area (Å²) in [6, 6.07) is 47.9. The normalized spacial score (nSPS) is 11.5. The van der Waals surface area contributed by atoms with E-state index in [1.165, 1.54) is 27.6 Å². The van der Waals surface area contributed by atoms with Crippen molar-refractivity contribution in [3.05, 3.63) is 168 Å². The molecule has 0 radical (unpaired) electrons. The molecule has 1 aromatic heterocycles. The summed E-state index contributed by atoms with van der Waals surface area (Å²) in [5.74, 6) is 0.689. The molecular formula is C42H41HfN2-3. The molecule has 226 valence electrons. The monoisotopic (exact) mass is 753 g/mol. The molecule has 0 fully saturated rings. The zero-order valence-corrected chi connectivity index (χ0v) is 30.6. The Morgan fingerprint density at radius 3 is 1.93 bits per heavy atom. The van der Waals surface area contributed by atoms with Gasteiger partial charge in [0.15, 0.2) is 0 Å². The minimum absolute atomic E-state index is 0. The number of pyridine rings is 1. The van der Waals surface area contributed by atoms with E-state index in [1.807, 2.05) is 6.07 Å². The smallest absolute Gasteiger partial charge is 0.0196 e. The summed E-state index contributed by atoms with van der Waals surface area (Å²) in [7, 11) is 0. The first-order chi connectivity index (χ1) is 21.5. The summed E-state index contributed by atoms with van der Waals surface area (Å²) in [5, 5.41) is 7.98. The van der Waals surface area contributed by atoms with Crippen molar-refractivity contribution in [1.82, 2.24) is 4.98 Å². The maximum absolute atomic E-state index is 5.65. The van der Waals surface area contributed by atoms with Crippen molar-refractivity contribution < 1.29 is 25.8 Å². The van der Waals surface area contributed by atoms with Gasteiger partial charge in [0.1, 0.15) is 0 Å². The topological polar surface area (TPSA) is 27.0 Å². The van der Waals surface area contributed by atoms with Crippen LogP contribution in [-0.2, 0) is 25.8 Å². The largest absolute Gasteiger partial charge is 0.673 e. The molecule has 0 aliphatic carbocycles. The molecule has 0 saturated heterocycles. The van der Waals surface area contributed by atoms with Gasteiger partial charge in [-0.25, -0.2) is 0 Å². The molecular weight excluding hydrogens is 711 g/mol. The van der Waals surface area contributed by atoms with Gasteiger partial charge in [-0.05, 0) is 46.3 Å². The second kappa shape index (κ2) is 16.0. The van der Waals surface area contributed by atoms with E-state index in [2.05, 4.69) is 162 Å². The average molecular weight is 752 g/mol. The number of hydrogen-bond acceptors (Lipinski definition) is 1. The van der Waals surface area contributed by atoms with E-state index >= 15 is 0 Å². The molecule has 6 rings (SSSR count). The minimum atomic E-state index is -0.297. The Hall–Kier alpha value is -3.82. The van der Waals surface area contributed by atoms with Gasteiger partial charge in [0.25, 0.3) is 0 Å². The predicted molar refractivity (Wildman–Crippen MR) is 188 cm³/mol. The molecule has 0 N–H and O–H groups in total. The maximum atomic E-state index is 5.65. The molecule has 45 heavy (non-hydrogen) atoms. The summed E-state index contributed by atoms with van der Waals surface area (Å²) in [5.41, 5.74) is 9.94.